The quantitative estimate of drug-likeness (QED) is 0.751. The van der Waals surface area contributed by atoms with E-state index >= 15 is 0 Å². The number of hydrogen-bond acceptors (Lipinski definition) is 4. The van der Waals surface area contributed by atoms with E-state index < -0.39 is 0 Å². The van der Waals surface area contributed by atoms with Crippen molar-refractivity contribution in [3.8, 4) is 11.5 Å². The summed E-state index contributed by atoms with van der Waals surface area (Å²) in [6, 6.07) is 6.94. The molecular weight excluding hydrogens is 252 g/mol. The highest BCUT2D eigenvalue weighted by Gasteiger charge is 2.20. The van der Waals surface area contributed by atoms with E-state index in [1.54, 1.807) is 0 Å². The van der Waals surface area contributed by atoms with Gasteiger partial charge in [0.2, 0.25) is 0 Å². The first kappa shape index (κ1) is 15.1. The molecule has 0 aliphatic heterocycles. The van der Waals surface area contributed by atoms with Crippen molar-refractivity contribution in [3.63, 3.8) is 0 Å². The van der Waals surface area contributed by atoms with Crippen LogP contribution in [0.4, 0.5) is 0 Å². The van der Waals surface area contributed by atoms with E-state index in [4.69, 9.17) is 9.47 Å². The summed E-state index contributed by atoms with van der Waals surface area (Å²) in [5.41, 5.74) is 1.25. The molecule has 4 nitrogen and oxygen atoms in total. The van der Waals surface area contributed by atoms with Crippen LogP contribution in [0, 0.1) is 0 Å². The lowest BCUT2D eigenvalue weighted by molar-refractivity contribution is 0.244. The van der Waals surface area contributed by atoms with Gasteiger partial charge in [-0.2, -0.15) is 0 Å². The topological polar surface area (TPSA) is 33.7 Å². The van der Waals surface area contributed by atoms with Crippen molar-refractivity contribution in [2.45, 2.75) is 32.4 Å². The number of hydrogen-bond donors (Lipinski definition) is 1. The lowest BCUT2D eigenvalue weighted by atomic mass is 10.2. The van der Waals surface area contributed by atoms with Gasteiger partial charge in [0.05, 0.1) is 6.61 Å². The third kappa shape index (κ3) is 5.02. The van der Waals surface area contributed by atoms with Crippen molar-refractivity contribution in [1.82, 2.24) is 10.2 Å². The summed E-state index contributed by atoms with van der Waals surface area (Å²) in [5, 5.41) is 3.52. The fourth-order valence-corrected chi connectivity index (χ4v) is 1.94. The molecule has 1 saturated carbocycles. The second kappa shape index (κ2) is 7.50. The molecule has 1 aromatic rings. The molecule has 0 spiro atoms. The fourth-order valence-electron chi connectivity index (χ4n) is 1.94. The van der Waals surface area contributed by atoms with E-state index in [9.17, 15) is 0 Å². The van der Waals surface area contributed by atoms with Crippen molar-refractivity contribution in [1.29, 1.82) is 0 Å². The number of nitrogens with one attached hydrogen (secondary N) is 1. The molecule has 112 valence electrons. The Morgan fingerprint density at radius 1 is 1.20 bits per heavy atom. The summed E-state index contributed by atoms with van der Waals surface area (Å²) in [4.78, 5) is 2.11. The first-order chi connectivity index (χ1) is 9.69. The predicted molar refractivity (Wildman–Crippen MR) is 81.5 cm³/mol. The number of benzene rings is 1. The van der Waals surface area contributed by atoms with Crippen LogP contribution < -0.4 is 14.8 Å². The maximum atomic E-state index is 5.81. The van der Waals surface area contributed by atoms with Crippen molar-refractivity contribution in [2.24, 2.45) is 0 Å². The summed E-state index contributed by atoms with van der Waals surface area (Å²) in [7, 11) is 4.08. The zero-order valence-electron chi connectivity index (χ0n) is 12.8. The van der Waals surface area contributed by atoms with Crippen LogP contribution in [0.3, 0.4) is 0 Å². The maximum Gasteiger partial charge on any atom is 0.161 e. The highest BCUT2D eigenvalue weighted by molar-refractivity contribution is 5.43. The van der Waals surface area contributed by atoms with Gasteiger partial charge in [0.1, 0.15) is 6.61 Å². The Kier molecular flexibility index (Phi) is 5.68. The van der Waals surface area contributed by atoms with Crippen LogP contribution in [0.5, 0.6) is 11.5 Å². The van der Waals surface area contributed by atoms with Gasteiger partial charge in [-0.3, -0.25) is 0 Å². The molecule has 0 amide bonds. The fraction of sp³-hybridized carbons (Fsp3) is 0.625. The second-order valence-corrected chi connectivity index (χ2v) is 5.52. The highest BCUT2D eigenvalue weighted by atomic mass is 16.5. The van der Waals surface area contributed by atoms with E-state index in [-0.39, 0.29) is 0 Å². The van der Waals surface area contributed by atoms with Crippen LogP contribution in [0.25, 0.3) is 0 Å². The van der Waals surface area contributed by atoms with Crippen LogP contribution in [0.15, 0.2) is 18.2 Å². The standard InChI is InChI=1S/C16H26N2O2/c1-4-19-16-11-13(12-17-14-6-7-14)5-8-15(16)20-10-9-18(2)3/h5,8,11,14,17H,4,6-7,9-10,12H2,1-3H3. The van der Waals surface area contributed by atoms with E-state index in [1.165, 1.54) is 18.4 Å². The molecule has 4 heteroatoms. The maximum absolute atomic E-state index is 5.81. The molecule has 1 N–H and O–H groups in total. The second-order valence-electron chi connectivity index (χ2n) is 5.52. The Morgan fingerprint density at radius 2 is 2.00 bits per heavy atom. The normalized spacial score (nSPS) is 14.6. The number of rotatable bonds is 9. The van der Waals surface area contributed by atoms with Gasteiger partial charge in [0.25, 0.3) is 0 Å². The van der Waals surface area contributed by atoms with Crippen molar-refractivity contribution in [2.75, 3.05) is 33.9 Å². The molecule has 0 bridgehead atoms. The van der Waals surface area contributed by atoms with Gasteiger partial charge in [-0.25, -0.2) is 0 Å². The Bertz CT molecular complexity index is 417. The van der Waals surface area contributed by atoms with E-state index in [1.807, 2.05) is 27.1 Å². The van der Waals surface area contributed by atoms with Crippen molar-refractivity contribution < 1.29 is 9.47 Å². The molecule has 0 aromatic heterocycles. The molecule has 0 radical (unpaired) electrons. The molecule has 0 saturated heterocycles. The van der Waals surface area contributed by atoms with E-state index in [0.717, 1.165) is 30.6 Å². The Hall–Kier alpha value is -1.26. The zero-order valence-corrected chi connectivity index (χ0v) is 12.8. The van der Waals surface area contributed by atoms with Crippen LogP contribution in [-0.4, -0.2) is 44.8 Å². The minimum atomic E-state index is 0.656. The van der Waals surface area contributed by atoms with Gasteiger partial charge >= 0.3 is 0 Å². The Balaban J connectivity index is 1.94. The van der Waals surface area contributed by atoms with Gasteiger partial charge < -0.3 is 19.7 Å². The smallest absolute Gasteiger partial charge is 0.161 e. The Labute approximate surface area is 122 Å². The zero-order chi connectivity index (χ0) is 14.4. The third-order valence-corrected chi connectivity index (χ3v) is 3.28. The molecule has 0 heterocycles. The molecule has 0 unspecified atom stereocenters. The summed E-state index contributed by atoms with van der Waals surface area (Å²) in [6.45, 7) is 5.13. The minimum absolute atomic E-state index is 0.656. The van der Waals surface area contributed by atoms with Crippen LogP contribution in [0.2, 0.25) is 0 Å². The largest absolute Gasteiger partial charge is 0.490 e. The monoisotopic (exact) mass is 278 g/mol. The molecule has 0 atom stereocenters. The summed E-state index contributed by atoms with van der Waals surface area (Å²) >= 11 is 0. The lowest BCUT2D eigenvalue weighted by Gasteiger charge is -2.15. The molecule has 1 aliphatic carbocycles. The van der Waals surface area contributed by atoms with Gasteiger partial charge in [-0.05, 0) is 51.6 Å². The summed E-state index contributed by atoms with van der Waals surface area (Å²) < 4.78 is 11.5. The van der Waals surface area contributed by atoms with Crippen LogP contribution in [-0.2, 0) is 6.54 Å². The minimum Gasteiger partial charge on any atom is -0.490 e. The van der Waals surface area contributed by atoms with Crippen molar-refractivity contribution >= 4 is 0 Å². The van der Waals surface area contributed by atoms with Gasteiger partial charge in [0.15, 0.2) is 11.5 Å². The molecule has 1 aromatic carbocycles. The van der Waals surface area contributed by atoms with E-state index in [0.29, 0.717) is 13.2 Å². The molecule has 2 rings (SSSR count). The molecule has 1 aliphatic rings. The average molecular weight is 278 g/mol. The van der Waals surface area contributed by atoms with E-state index in [2.05, 4.69) is 22.3 Å². The Morgan fingerprint density at radius 3 is 2.65 bits per heavy atom. The van der Waals surface area contributed by atoms with Crippen molar-refractivity contribution in [3.05, 3.63) is 23.8 Å². The highest BCUT2D eigenvalue weighted by Crippen LogP contribution is 2.29. The lowest BCUT2D eigenvalue weighted by Crippen LogP contribution is -2.19. The number of ether oxygens (including phenoxy) is 2. The predicted octanol–water partition coefficient (Wildman–Crippen LogP) is 2.28. The first-order valence-corrected chi connectivity index (χ1v) is 7.45. The molecule has 20 heavy (non-hydrogen) atoms. The first-order valence-electron chi connectivity index (χ1n) is 7.45. The van der Waals surface area contributed by atoms with Gasteiger partial charge in [-0.1, -0.05) is 6.07 Å². The van der Waals surface area contributed by atoms with Crippen LogP contribution in [0.1, 0.15) is 25.3 Å². The number of nitrogens with zero attached hydrogens (tertiary/aromatic N) is 1. The molecular formula is C16H26N2O2. The van der Waals surface area contributed by atoms with Gasteiger partial charge in [-0.15, -0.1) is 0 Å². The van der Waals surface area contributed by atoms with Gasteiger partial charge in [0, 0.05) is 19.1 Å². The SMILES string of the molecule is CCOc1cc(CNC2CC2)ccc1OCCN(C)C. The third-order valence-electron chi connectivity index (χ3n) is 3.28. The van der Waals surface area contributed by atoms with Crippen LogP contribution >= 0.6 is 0 Å². The summed E-state index contributed by atoms with van der Waals surface area (Å²) in [6.07, 6.45) is 2.62. The average Bonchev–Trinajstić information content (AvgIpc) is 3.22. The number of likely N-dealkylation sites (N-methyl/N-ethyl adjacent to an activating group) is 1. The molecule has 1 fully saturated rings. The summed E-state index contributed by atoms with van der Waals surface area (Å²) in [5.74, 6) is 1.69.